The number of methoxy groups -OCH3 is 1. The van der Waals surface area contributed by atoms with E-state index < -0.39 is 0 Å². The summed E-state index contributed by atoms with van der Waals surface area (Å²) >= 11 is 3.23. The van der Waals surface area contributed by atoms with E-state index >= 15 is 0 Å². The Morgan fingerprint density at radius 2 is 2.00 bits per heavy atom. The maximum atomic E-state index is 5.39. The van der Waals surface area contributed by atoms with Gasteiger partial charge in [0.15, 0.2) is 5.16 Å². The Balaban J connectivity index is 1.80. The van der Waals surface area contributed by atoms with Crippen LogP contribution in [0.2, 0.25) is 0 Å². The molecule has 0 amide bonds. The van der Waals surface area contributed by atoms with E-state index in [2.05, 4.69) is 33.5 Å². The summed E-state index contributed by atoms with van der Waals surface area (Å²) in [6.45, 7) is 0. The van der Waals surface area contributed by atoms with Crippen LogP contribution in [0.4, 0.5) is 5.82 Å². The van der Waals surface area contributed by atoms with Crippen LogP contribution in [0.25, 0.3) is 0 Å². The van der Waals surface area contributed by atoms with Gasteiger partial charge in [-0.05, 0) is 61.5 Å². The van der Waals surface area contributed by atoms with E-state index in [9.17, 15) is 0 Å². The number of aryl methyl sites for hydroxylation is 1. The molecule has 4 nitrogen and oxygen atoms in total. The number of nitrogens with one attached hydrogen (secondary N) is 1. The number of nitrogens with zero attached hydrogens (tertiary/aromatic N) is 2. The smallest absolute Gasteiger partial charge is 0.190 e. The molecule has 1 N–H and O–H groups in total. The Hall–Kier alpha value is -1.40. The van der Waals surface area contributed by atoms with Crippen molar-refractivity contribution >= 4 is 29.3 Å². The van der Waals surface area contributed by atoms with Crippen molar-refractivity contribution in [2.75, 3.05) is 24.9 Å². The highest BCUT2D eigenvalue weighted by Gasteiger charge is 2.18. The minimum Gasteiger partial charge on any atom is -0.497 e. The molecule has 0 spiro atoms. The van der Waals surface area contributed by atoms with Gasteiger partial charge in [0.25, 0.3) is 0 Å². The summed E-state index contributed by atoms with van der Waals surface area (Å²) in [5.74, 6) is 1.86. The zero-order chi connectivity index (χ0) is 16.9. The van der Waals surface area contributed by atoms with Gasteiger partial charge >= 0.3 is 0 Å². The van der Waals surface area contributed by atoms with Gasteiger partial charge in [-0.15, -0.1) is 11.8 Å². The molecule has 0 aliphatic heterocycles. The molecule has 2 aromatic rings. The van der Waals surface area contributed by atoms with Gasteiger partial charge in [-0.2, -0.15) is 0 Å². The lowest BCUT2D eigenvalue weighted by atomic mass is 10.0. The number of ether oxygens (including phenoxy) is 1. The van der Waals surface area contributed by atoms with Gasteiger partial charge in [-0.3, -0.25) is 0 Å². The van der Waals surface area contributed by atoms with Crippen LogP contribution >= 0.6 is 23.5 Å². The first kappa shape index (κ1) is 17.4. The fraction of sp³-hybridized carbons (Fsp3) is 0.444. The number of hydrogen-bond acceptors (Lipinski definition) is 6. The van der Waals surface area contributed by atoms with E-state index in [-0.39, 0.29) is 0 Å². The largest absolute Gasteiger partial charge is 0.497 e. The molecular weight excluding hydrogens is 338 g/mol. The van der Waals surface area contributed by atoms with Crippen LogP contribution in [0.1, 0.15) is 24.0 Å². The quantitative estimate of drug-likeness (QED) is 0.371. The Morgan fingerprint density at radius 1 is 1.12 bits per heavy atom. The van der Waals surface area contributed by atoms with Crippen molar-refractivity contribution < 1.29 is 4.74 Å². The maximum Gasteiger partial charge on any atom is 0.190 e. The Morgan fingerprint density at radius 3 is 2.75 bits per heavy atom. The molecule has 0 bridgehead atoms. The predicted octanol–water partition coefficient (Wildman–Crippen LogP) is 4.29. The molecule has 1 aromatic heterocycles. The Kier molecular flexibility index (Phi) is 5.89. The van der Waals surface area contributed by atoms with Gasteiger partial charge in [-0.25, -0.2) is 9.97 Å². The Bertz CT molecular complexity index is 686. The molecule has 1 unspecified atom stereocenters. The average molecular weight is 362 g/mol. The van der Waals surface area contributed by atoms with Gasteiger partial charge in [0.1, 0.15) is 16.6 Å². The van der Waals surface area contributed by atoms with Gasteiger partial charge in [0.05, 0.1) is 7.11 Å². The molecule has 1 aliphatic carbocycles. The molecule has 1 aliphatic rings. The van der Waals surface area contributed by atoms with Gasteiger partial charge in [-0.1, -0.05) is 17.8 Å². The van der Waals surface area contributed by atoms with Crippen LogP contribution in [0.5, 0.6) is 5.75 Å². The maximum absolute atomic E-state index is 5.39. The first-order valence-electron chi connectivity index (χ1n) is 8.11. The third-order valence-corrected chi connectivity index (χ3v) is 5.48. The van der Waals surface area contributed by atoms with Crippen molar-refractivity contribution in [2.45, 2.75) is 41.9 Å². The van der Waals surface area contributed by atoms with Crippen LogP contribution < -0.4 is 10.1 Å². The number of fused-ring (bicyclic) bond motifs is 1. The van der Waals surface area contributed by atoms with Crippen LogP contribution in [0.3, 0.4) is 0 Å². The van der Waals surface area contributed by atoms with Gasteiger partial charge < -0.3 is 10.1 Å². The number of aromatic nitrogens is 2. The van der Waals surface area contributed by atoms with E-state index in [4.69, 9.17) is 4.74 Å². The molecule has 1 atom stereocenters. The van der Waals surface area contributed by atoms with Crippen molar-refractivity contribution in [3.8, 4) is 5.75 Å². The summed E-state index contributed by atoms with van der Waals surface area (Å²) < 4.78 is 5.39. The lowest BCUT2D eigenvalue weighted by Gasteiger charge is -2.18. The van der Waals surface area contributed by atoms with Crippen molar-refractivity contribution in [1.29, 1.82) is 0 Å². The van der Waals surface area contributed by atoms with Crippen molar-refractivity contribution in [2.24, 2.45) is 0 Å². The summed E-state index contributed by atoms with van der Waals surface area (Å²) in [5.41, 5.74) is 2.82. The fourth-order valence-corrected chi connectivity index (χ4v) is 3.92. The van der Waals surface area contributed by atoms with E-state index in [1.54, 1.807) is 30.6 Å². The van der Waals surface area contributed by atoms with E-state index in [1.165, 1.54) is 17.5 Å². The Labute approximate surface area is 152 Å². The second-order valence-electron chi connectivity index (χ2n) is 5.85. The average Bonchev–Trinajstić information content (AvgIpc) is 2.82. The minimum atomic E-state index is 0.387. The molecule has 6 heteroatoms. The lowest BCUT2D eigenvalue weighted by molar-refractivity contribution is 0.414. The third kappa shape index (κ3) is 4.16. The summed E-state index contributed by atoms with van der Waals surface area (Å²) in [6.07, 6.45) is 8.52. The number of thioether (sulfide) groups is 2. The highest BCUT2D eigenvalue weighted by atomic mass is 32.2. The minimum absolute atomic E-state index is 0.387. The second-order valence-corrected chi connectivity index (χ2v) is 7.45. The van der Waals surface area contributed by atoms with Crippen molar-refractivity contribution in [3.05, 3.63) is 35.4 Å². The number of hydrogen-bond donors (Lipinski definition) is 1. The van der Waals surface area contributed by atoms with Crippen LogP contribution in [-0.2, 0) is 12.8 Å². The zero-order valence-electron chi connectivity index (χ0n) is 14.3. The first-order valence-corrected chi connectivity index (χ1v) is 10.6. The van der Waals surface area contributed by atoms with E-state index in [0.717, 1.165) is 41.0 Å². The van der Waals surface area contributed by atoms with Gasteiger partial charge in [0.2, 0.25) is 0 Å². The molecule has 1 heterocycles. The topological polar surface area (TPSA) is 47.0 Å². The molecule has 0 radical (unpaired) electrons. The third-order valence-electron chi connectivity index (χ3n) is 4.30. The van der Waals surface area contributed by atoms with E-state index in [0.29, 0.717) is 6.04 Å². The lowest BCUT2D eigenvalue weighted by Crippen LogP contribution is -2.22. The van der Waals surface area contributed by atoms with Crippen molar-refractivity contribution in [3.63, 3.8) is 0 Å². The number of rotatable bonds is 5. The summed E-state index contributed by atoms with van der Waals surface area (Å²) in [5, 5.41) is 5.46. The molecule has 128 valence electrons. The molecule has 1 aromatic carbocycles. The molecule has 0 fully saturated rings. The summed E-state index contributed by atoms with van der Waals surface area (Å²) in [4.78, 5) is 9.12. The SMILES string of the molecule is COc1ccc2c(c1)CC(Nc1cc(SC)nc(SC)n1)CCC2. The monoisotopic (exact) mass is 361 g/mol. The second kappa shape index (κ2) is 8.12. The molecular formula is C18H23N3OS2. The molecule has 24 heavy (non-hydrogen) atoms. The van der Waals surface area contributed by atoms with E-state index in [1.807, 2.05) is 18.6 Å². The predicted molar refractivity (Wildman–Crippen MR) is 103 cm³/mol. The highest BCUT2D eigenvalue weighted by molar-refractivity contribution is 7.99. The number of benzene rings is 1. The fourth-order valence-electron chi connectivity index (χ4n) is 3.08. The summed E-state index contributed by atoms with van der Waals surface area (Å²) in [6, 6.07) is 8.88. The van der Waals surface area contributed by atoms with Crippen LogP contribution in [-0.4, -0.2) is 35.6 Å². The van der Waals surface area contributed by atoms with Gasteiger partial charge in [0, 0.05) is 12.1 Å². The van der Waals surface area contributed by atoms with Crippen LogP contribution in [0.15, 0.2) is 34.4 Å². The van der Waals surface area contributed by atoms with Crippen LogP contribution in [0, 0.1) is 0 Å². The standard InChI is InChI=1S/C18H23N3OS2/c1-22-15-8-7-12-5-4-6-14(9-13(12)10-15)19-16-11-17(23-2)21-18(20-16)24-3/h7-8,10-11,14H,4-6,9H2,1-3H3,(H,19,20,21). The zero-order valence-corrected chi connectivity index (χ0v) is 16.0. The number of anilines is 1. The highest BCUT2D eigenvalue weighted by Crippen LogP contribution is 2.27. The normalized spacial score (nSPS) is 17.0. The molecule has 3 rings (SSSR count). The molecule has 0 saturated heterocycles. The summed E-state index contributed by atoms with van der Waals surface area (Å²) in [7, 11) is 1.73. The molecule has 0 saturated carbocycles. The first-order chi connectivity index (χ1) is 11.7. The van der Waals surface area contributed by atoms with Crippen molar-refractivity contribution in [1.82, 2.24) is 9.97 Å².